The summed E-state index contributed by atoms with van der Waals surface area (Å²) in [5, 5.41) is 0. The number of hydrogen-bond acceptors (Lipinski definition) is 0. The molecule has 0 bridgehead atoms. The molecular weight excluding hydrogens is 204 g/mol. The van der Waals surface area contributed by atoms with E-state index < -0.39 is 0 Å². The highest BCUT2D eigenvalue weighted by molar-refractivity contribution is 5.64. The molecule has 2 rings (SSSR count). The second-order valence-electron chi connectivity index (χ2n) is 4.83. The van der Waals surface area contributed by atoms with Crippen molar-refractivity contribution < 1.29 is 0 Å². The van der Waals surface area contributed by atoms with Gasteiger partial charge in [0, 0.05) is 0 Å². The monoisotopic (exact) mass is 224 g/mol. The largest absolute Gasteiger partial charge is 0.0613 e. The lowest BCUT2D eigenvalue weighted by atomic mass is 9.98. The molecule has 0 atom stereocenters. The van der Waals surface area contributed by atoms with E-state index in [1.54, 1.807) is 0 Å². The molecule has 0 unspecified atom stereocenters. The molecule has 0 radical (unpaired) electrons. The maximum absolute atomic E-state index is 2.23. The average Bonchev–Trinajstić information content (AvgIpc) is 2.39. The molecule has 0 aromatic heterocycles. The van der Waals surface area contributed by atoms with Crippen LogP contribution in [0.4, 0.5) is 0 Å². The third kappa shape index (κ3) is 2.76. The molecule has 0 heterocycles. The van der Waals surface area contributed by atoms with Crippen LogP contribution < -0.4 is 0 Å². The van der Waals surface area contributed by atoms with Gasteiger partial charge in [-0.3, -0.25) is 0 Å². The standard InChI is InChI=1S/C17H20/c1-4-14-5-7-16(8-6-14)17-11-9-15(10-12-17)13(2)3/h5-13H,4H2,1-3H3. The van der Waals surface area contributed by atoms with Crippen molar-refractivity contribution in [1.29, 1.82) is 0 Å². The highest BCUT2D eigenvalue weighted by Crippen LogP contribution is 2.23. The van der Waals surface area contributed by atoms with Crippen LogP contribution >= 0.6 is 0 Å². The predicted molar refractivity (Wildman–Crippen MR) is 75.3 cm³/mol. The molecule has 0 aliphatic rings. The van der Waals surface area contributed by atoms with E-state index in [0.717, 1.165) is 6.42 Å². The van der Waals surface area contributed by atoms with Gasteiger partial charge in [0.05, 0.1) is 0 Å². The Hall–Kier alpha value is -1.56. The minimum absolute atomic E-state index is 0.603. The van der Waals surface area contributed by atoms with Gasteiger partial charge >= 0.3 is 0 Å². The molecule has 0 saturated carbocycles. The molecule has 2 aromatic rings. The molecule has 0 spiro atoms. The molecule has 0 aliphatic heterocycles. The van der Waals surface area contributed by atoms with Crippen LogP contribution in [0.3, 0.4) is 0 Å². The Bertz CT molecular complexity index is 460. The molecule has 0 N–H and O–H groups in total. The summed E-state index contributed by atoms with van der Waals surface area (Å²) in [6.07, 6.45) is 1.10. The maximum atomic E-state index is 2.23. The first-order valence-electron chi connectivity index (χ1n) is 6.40. The van der Waals surface area contributed by atoms with Crippen LogP contribution in [0.25, 0.3) is 11.1 Å². The lowest BCUT2D eigenvalue weighted by Gasteiger charge is -2.07. The van der Waals surface area contributed by atoms with Gasteiger partial charge in [-0.05, 0) is 34.6 Å². The zero-order chi connectivity index (χ0) is 12.3. The van der Waals surface area contributed by atoms with Crippen molar-refractivity contribution in [2.45, 2.75) is 33.1 Å². The summed E-state index contributed by atoms with van der Waals surface area (Å²) in [6.45, 7) is 6.64. The Morgan fingerprint density at radius 3 is 1.65 bits per heavy atom. The summed E-state index contributed by atoms with van der Waals surface area (Å²) in [5.41, 5.74) is 5.40. The Morgan fingerprint density at radius 1 is 0.765 bits per heavy atom. The molecular formula is C17H20. The van der Waals surface area contributed by atoms with E-state index in [4.69, 9.17) is 0 Å². The van der Waals surface area contributed by atoms with Gasteiger partial charge in [0.15, 0.2) is 0 Å². The summed E-state index contributed by atoms with van der Waals surface area (Å²) >= 11 is 0. The Balaban J connectivity index is 2.26. The minimum Gasteiger partial charge on any atom is -0.0613 e. The number of hydrogen-bond donors (Lipinski definition) is 0. The first kappa shape index (κ1) is 11.9. The van der Waals surface area contributed by atoms with E-state index >= 15 is 0 Å². The lowest BCUT2D eigenvalue weighted by molar-refractivity contribution is 0.867. The average molecular weight is 224 g/mol. The Morgan fingerprint density at radius 2 is 1.24 bits per heavy atom. The number of aryl methyl sites for hydroxylation is 1. The molecule has 0 aliphatic carbocycles. The second-order valence-corrected chi connectivity index (χ2v) is 4.83. The molecule has 0 amide bonds. The zero-order valence-electron chi connectivity index (χ0n) is 10.9. The Kier molecular flexibility index (Phi) is 3.63. The quantitative estimate of drug-likeness (QED) is 0.685. The van der Waals surface area contributed by atoms with Gasteiger partial charge in [-0.2, -0.15) is 0 Å². The molecule has 17 heavy (non-hydrogen) atoms. The fraction of sp³-hybridized carbons (Fsp3) is 0.294. The van der Waals surface area contributed by atoms with E-state index in [2.05, 4.69) is 69.3 Å². The summed E-state index contributed by atoms with van der Waals surface area (Å²) in [5.74, 6) is 0.603. The van der Waals surface area contributed by atoms with Crippen molar-refractivity contribution in [1.82, 2.24) is 0 Å². The molecule has 2 aromatic carbocycles. The van der Waals surface area contributed by atoms with Crippen LogP contribution in [0.2, 0.25) is 0 Å². The van der Waals surface area contributed by atoms with Crippen molar-refractivity contribution in [2.24, 2.45) is 0 Å². The van der Waals surface area contributed by atoms with Crippen molar-refractivity contribution in [2.75, 3.05) is 0 Å². The lowest BCUT2D eigenvalue weighted by Crippen LogP contribution is -1.87. The third-order valence-corrected chi connectivity index (χ3v) is 3.27. The van der Waals surface area contributed by atoms with Crippen LogP contribution in [0.5, 0.6) is 0 Å². The van der Waals surface area contributed by atoms with E-state index in [1.807, 2.05) is 0 Å². The molecule has 88 valence electrons. The highest BCUT2D eigenvalue weighted by atomic mass is 14.1. The summed E-state index contributed by atoms with van der Waals surface area (Å²) in [6, 6.07) is 17.7. The van der Waals surface area contributed by atoms with E-state index in [-0.39, 0.29) is 0 Å². The first-order chi connectivity index (χ1) is 8.20. The van der Waals surface area contributed by atoms with Gasteiger partial charge in [-0.1, -0.05) is 69.3 Å². The van der Waals surface area contributed by atoms with Crippen LogP contribution in [-0.4, -0.2) is 0 Å². The third-order valence-electron chi connectivity index (χ3n) is 3.27. The fourth-order valence-electron chi connectivity index (χ4n) is 1.99. The van der Waals surface area contributed by atoms with Crippen molar-refractivity contribution in [3.8, 4) is 11.1 Å². The summed E-state index contributed by atoms with van der Waals surface area (Å²) in [7, 11) is 0. The Labute approximate surface area is 104 Å². The van der Waals surface area contributed by atoms with Crippen molar-refractivity contribution >= 4 is 0 Å². The van der Waals surface area contributed by atoms with Gasteiger partial charge in [0.2, 0.25) is 0 Å². The van der Waals surface area contributed by atoms with Crippen LogP contribution in [0.15, 0.2) is 48.5 Å². The fourth-order valence-corrected chi connectivity index (χ4v) is 1.99. The van der Waals surface area contributed by atoms with E-state index in [1.165, 1.54) is 22.3 Å². The van der Waals surface area contributed by atoms with Crippen molar-refractivity contribution in [3.63, 3.8) is 0 Å². The number of rotatable bonds is 3. The predicted octanol–water partition coefficient (Wildman–Crippen LogP) is 5.04. The van der Waals surface area contributed by atoms with Gasteiger partial charge in [0.25, 0.3) is 0 Å². The smallest absolute Gasteiger partial charge is 0.0184 e. The highest BCUT2D eigenvalue weighted by Gasteiger charge is 2.00. The van der Waals surface area contributed by atoms with Crippen LogP contribution in [0.1, 0.15) is 37.8 Å². The topological polar surface area (TPSA) is 0 Å². The van der Waals surface area contributed by atoms with Crippen molar-refractivity contribution in [3.05, 3.63) is 59.7 Å². The normalized spacial score (nSPS) is 10.8. The zero-order valence-corrected chi connectivity index (χ0v) is 10.9. The van der Waals surface area contributed by atoms with Crippen LogP contribution in [0, 0.1) is 0 Å². The summed E-state index contributed by atoms with van der Waals surface area (Å²) in [4.78, 5) is 0. The van der Waals surface area contributed by atoms with E-state index in [9.17, 15) is 0 Å². The van der Waals surface area contributed by atoms with E-state index in [0.29, 0.717) is 5.92 Å². The first-order valence-corrected chi connectivity index (χ1v) is 6.40. The van der Waals surface area contributed by atoms with Gasteiger partial charge < -0.3 is 0 Å². The SMILES string of the molecule is CCc1ccc(-c2ccc(C(C)C)cc2)cc1. The minimum atomic E-state index is 0.603. The maximum Gasteiger partial charge on any atom is -0.0184 e. The molecule has 0 fully saturated rings. The molecule has 0 nitrogen and oxygen atoms in total. The number of benzene rings is 2. The summed E-state index contributed by atoms with van der Waals surface area (Å²) < 4.78 is 0. The van der Waals surface area contributed by atoms with Crippen LogP contribution in [-0.2, 0) is 6.42 Å². The molecule has 0 saturated heterocycles. The molecule has 0 heteroatoms. The van der Waals surface area contributed by atoms with Gasteiger partial charge in [-0.15, -0.1) is 0 Å². The second kappa shape index (κ2) is 5.18. The van der Waals surface area contributed by atoms with Gasteiger partial charge in [0.1, 0.15) is 0 Å². The van der Waals surface area contributed by atoms with Gasteiger partial charge in [-0.25, -0.2) is 0 Å².